The lowest BCUT2D eigenvalue weighted by Crippen LogP contribution is -2.71. The Bertz CT molecular complexity index is 1230. The van der Waals surface area contributed by atoms with Gasteiger partial charge in [-0.25, -0.2) is 9.78 Å². The van der Waals surface area contributed by atoms with E-state index in [2.05, 4.69) is 30.9 Å². The molecule has 0 aliphatic carbocycles. The van der Waals surface area contributed by atoms with Crippen molar-refractivity contribution in [2.45, 2.75) is 11.4 Å². The van der Waals surface area contributed by atoms with Crippen LogP contribution in [0.25, 0.3) is 6.08 Å². The molecule has 2 aliphatic rings. The normalized spacial score (nSPS) is 20.6. The molecule has 5 N–H and O–H groups in total. The number of aromatic nitrogens is 4. The lowest BCUT2D eigenvalue weighted by Gasteiger charge is -2.49. The van der Waals surface area contributed by atoms with E-state index in [-0.39, 0.29) is 22.2 Å². The summed E-state index contributed by atoms with van der Waals surface area (Å²) in [6, 6.07) is -0.928. The number of β-lactam (4-membered cyclic amide) rings is 1. The molecule has 34 heavy (non-hydrogen) atoms. The van der Waals surface area contributed by atoms with Crippen molar-refractivity contribution in [3.63, 3.8) is 0 Å². The summed E-state index contributed by atoms with van der Waals surface area (Å²) >= 11 is 2.46. The van der Waals surface area contributed by atoms with Gasteiger partial charge in [0.05, 0.1) is 6.20 Å². The first-order valence-electron chi connectivity index (χ1n) is 9.65. The number of thioether (sulfide) groups is 1. The molecule has 15 heteroatoms. The van der Waals surface area contributed by atoms with Gasteiger partial charge >= 0.3 is 5.97 Å². The Balaban J connectivity index is 1.49. The van der Waals surface area contributed by atoms with Gasteiger partial charge in [0, 0.05) is 11.1 Å². The van der Waals surface area contributed by atoms with Crippen molar-refractivity contribution in [1.82, 2.24) is 30.6 Å². The van der Waals surface area contributed by atoms with Gasteiger partial charge in [-0.3, -0.25) is 14.5 Å². The van der Waals surface area contributed by atoms with E-state index in [0.29, 0.717) is 17.0 Å². The van der Waals surface area contributed by atoms with E-state index < -0.39 is 29.2 Å². The van der Waals surface area contributed by atoms with E-state index >= 15 is 0 Å². The number of aliphatic carboxylic acids is 1. The van der Waals surface area contributed by atoms with Gasteiger partial charge in [-0.05, 0) is 11.6 Å². The second-order valence-electron chi connectivity index (χ2n) is 6.85. The van der Waals surface area contributed by atoms with Crippen molar-refractivity contribution in [1.29, 1.82) is 0 Å². The molecule has 0 saturated carbocycles. The van der Waals surface area contributed by atoms with Crippen molar-refractivity contribution in [3.05, 3.63) is 52.5 Å². The molecule has 1 saturated heterocycles. The average Bonchev–Trinajstić information content (AvgIpc) is 3.49. The Morgan fingerprint density at radius 1 is 1.41 bits per heavy atom. The molecule has 1 fully saturated rings. The van der Waals surface area contributed by atoms with Crippen LogP contribution >= 0.6 is 23.1 Å². The van der Waals surface area contributed by atoms with Crippen LogP contribution in [0.4, 0.5) is 5.13 Å². The van der Waals surface area contributed by atoms with Crippen LogP contribution in [0.15, 0.2) is 46.2 Å². The molecule has 0 spiro atoms. The first kappa shape index (κ1) is 23.2. The number of aromatic amines is 1. The molecule has 4 heterocycles. The quantitative estimate of drug-likeness (QED) is 0.168. The first-order chi connectivity index (χ1) is 16.4. The molecule has 0 radical (unpaired) electrons. The Hall–Kier alpha value is -3.98. The summed E-state index contributed by atoms with van der Waals surface area (Å²) in [7, 11) is 1.27. The minimum absolute atomic E-state index is 0.122. The fraction of sp³-hybridized carbons (Fsp3) is 0.211. The highest BCUT2D eigenvalue weighted by Crippen LogP contribution is 2.40. The number of amides is 2. The lowest BCUT2D eigenvalue weighted by atomic mass is 10.0. The average molecular weight is 503 g/mol. The van der Waals surface area contributed by atoms with E-state index in [1.54, 1.807) is 24.3 Å². The number of rotatable bonds is 8. The van der Waals surface area contributed by atoms with Crippen molar-refractivity contribution >= 4 is 57.8 Å². The van der Waals surface area contributed by atoms with E-state index in [1.807, 2.05) is 0 Å². The summed E-state index contributed by atoms with van der Waals surface area (Å²) in [5.74, 6) is -2.13. The van der Waals surface area contributed by atoms with Crippen molar-refractivity contribution < 1.29 is 24.3 Å². The molecule has 0 aromatic carbocycles. The fourth-order valence-electron chi connectivity index (χ4n) is 3.29. The molecule has 2 aromatic rings. The van der Waals surface area contributed by atoms with Crippen LogP contribution in [0.5, 0.6) is 0 Å². The van der Waals surface area contributed by atoms with Gasteiger partial charge in [-0.15, -0.1) is 23.1 Å². The van der Waals surface area contributed by atoms with E-state index in [0.717, 1.165) is 11.3 Å². The van der Waals surface area contributed by atoms with E-state index in [4.69, 9.17) is 10.6 Å². The van der Waals surface area contributed by atoms with E-state index in [9.17, 15) is 19.5 Å². The number of nitrogens with two attached hydrogens (primary N) is 1. The second-order valence-corrected chi connectivity index (χ2v) is 8.84. The molecule has 0 unspecified atom stereocenters. The minimum Gasteiger partial charge on any atom is -0.477 e. The molecule has 2 atom stereocenters. The maximum Gasteiger partial charge on any atom is 0.352 e. The third-order valence-corrected chi connectivity index (χ3v) is 6.73. The molecular formula is C19H18N8O5S2. The molecule has 176 valence electrons. The number of fused-ring (bicyclic) bond motifs is 1. The topological polar surface area (TPSA) is 189 Å². The molecule has 2 amide bonds. The number of allylic oxidation sites excluding steroid dienone is 3. The predicted octanol–water partition coefficient (Wildman–Crippen LogP) is 0.202. The zero-order valence-electron chi connectivity index (χ0n) is 17.5. The van der Waals surface area contributed by atoms with Gasteiger partial charge in [0.2, 0.25) is 0 Å². The Labute approximate surface area is 200 Å². The monoisotopic (exact) mass is 502 g/mol. The number of carbonyl (C=O) groups is 3. The number of nitrogens with zero attached hydrogens (tertiary/aromatic N) is 5. The number of nitrogen functional groups attached to an aromatic ring is 1. The SMILES string of the molecule is CO/N=C(\C(=O)N[C@@H]1C(=O)N2C(C(=O)O)=C(/C=C/C=C/c3cn[nH]n3)CS[C@H]12)c1csc(N)n1. The fourth-order valence-corrected chi connectivity index (χ4v) is 5.16. The molecule has 2 aromatic heterocycles. The lowest BCUT2D eigenvalue weighted by molar-refractivity contribution is -0.150. The number of carbonyl (C=O) groups excluding carboxylic acids is 2. The maximum atomic E-state index is 12.8. The Morgan fingerprint density at radius 2 is 2.21 bits per heavy atom. The number of carboxylic acid groups (broad SMARTS) is 1. The molecular weight excluding hydrogens is 484 g/mol. The smallest absolute Gasteiger partial charge is 0.352 e. The third-order valence-electron chi connectivity index (χ3n) is 4.76. The van der Waals surface area contributed by atoms with Crippen LogP contribution in [-0.2, 0) is 19.2 Å². The number of anilines is 1. The number of thiazole rings is 1. The number of H-pyrrole nitrogens is 1. The Kier molecular flexibility index (Phi) is 6.74. The van der Waals surface area contributed by atoms with Crippen LogP contribution in [0.2, 0.25) is 0 Å². The minimum atomic E-state index is -1.23. The summed E-state index contributed by atoms with van der Waals surface area (Å²) in [5, 5.41) is 27.3. The second kappa shape index (κ2) is 9.88. The van der Waals surface area contributed by atoms with Gasteiger partial charge in [0.15, 0.2) is 10.8 Å². The number of oxime groups is 1. The van der Waals surface area contributed by atoms with Crippen LogP contribution < -0.4 is 11.1 Å². The largest absolute Gasteiger partial charge is 0.477 e. The van der Waals surface area contributed by atoms with Crippen molar-refractivity contribution in [2.75, 3.05) is 18.6 Å². The van der Waals surface area contributed by atoms with Gasteiger partial charge in [-0.2, -0.15) is 15.4 Å². The summed E-state index contributed by atoms with van der Waals surface area (Å²) in [5.41, 5.74) is 6.65. The summed E-state index contributed by atoms with van der Waals surface area (Å²) in [6.07, 6.45) is 8.19. The van der Waals surface area contributed by atoms with Crippen molar-refractivity contribution in [3.8, 4) is 0 Å². The summed E-state index contributed by atoms with van der Waals surface area (Å²) < 4.78 is 0. The number of hydrogen-bond acceptors (Lipinski definition) is 11. The molecule has 4 rings (SSSR count). The molecule has 0 bridgehead atoms. The van der Waals surface area contributed by atoms with Crippen LogP contribution in [-0.4, -0.2) is 78.2 Å². The third kappa shape index (κ3) is 4.55. The highest BCUT2D eigenvalue weighted by molar-refractivity contribution is 8.00. The van der Waals surface area contributed by atoms with Gasteiger partial charge in [-0.1, -0.05) is 23.4 Å². The van der Waals surface area contributed by atoms with Crippen LogP contribution in [0.3, 0.4) is 0 Å². The van der Waals surface area contributed by atoms with Gasteiger partial charge in [0.1, 0.15) is 35.6 Å². The molecule has 13 nitrogen and oxygen atoms in total. The highest BCUT2D eigenvalue weighted by atomic mass is 32.2. The molecule has 2 aliphatic heterocycles. The first-order valence-corrected chi connectivity index (χ1v) is 11.6. The van der Waals surface area contributed by atoms with Crippen LogP contribution in [0.1, 0.15) is 11.4 Å². The predicted molar refractivity (Wildman–Crippen MR) is 124 cm³/mol. The zero-order chi connectivity index (χ0) is 24.2. The highest BCUT2D eigenvalue weighted by Gasteiger charge is 2.54. The van der Waals surface area contributed by atoms with E-state index in [1.165, 1.54) is 35.3 Å². The number of carboxylic acids is 1. The summed E-state index contributed by atoms with van der Waals surface area (Å²) in [4.78, 5) is 47.5. The van der Waals surface area contributed by atoms with Gasteiger partial charge in [0.25, 0.3) is 11.8 Å². The van der Waals surface area contributed by atoms with Gasteiger partial charge < -0.3 is 21.0 Å². The maximum absolute atomic E-state index is 12.8. The van der Waals surface area contributed by atoms with Crippen LogP contribution in [0, 0.1) is 0 Å². The zero-order valence-corrected chi connectivity index (χ0v) is 19.2. The standard InChI is InChI=1S/C19H18N8O5S2/c1-32-25-12(11-8-34-19(20)22-11)15(28)23-13-16(29)27-14(18(30)31)9(7-33-17(13)27)4-2-3-5-10-6-21-26-24-10/h2-6,8,13,17H,7H2,1H3,(H2,20,22)(H,23,28)(H,30,31)(H,21,24,26)/b4-2+,5-3+,25-12-/t13-,17-/m1/s1. The Morgan fingerprint density at radius 3 is 2.85 bits per heavy atom. The number of hydrogen-bond donors (Lipinski definition) is 4. The summed E-state index contributed by atoms with van der Waals surface area (Å²) in [6.45, 7) is 0. The van der Waals surface area contributed by atoms with Crippen molar-refractivity contribution in [2.24, 2.45) is 5.16 Å². The number of nitrogens with one attached hydrogen (secondary N) is 2.